The Labute approximate surface area is 129 Å². The Morgan fingerprint density at radius 3 is 2.77 bits per heavy atom. The fraction of sp³-hybridized carbons (Fsp3) is 0.533. The Kier molecular flexibility index (Phi) is 5.69. The van der Waals surface area contributed by atoms with E-state index >= 15 is 0 Å². The number of nitrogens with zero attached hydrogens (tertiary/aromatic N) is 3. The lowest BCUT2D eigenvalue weighted by atomic mass is 9.98. The van der Waals surface area contributed by atoms with Crippen LogP contribution in [0.1, 0.15) is 18.4 Å². The second-order valence-electron chi connectivity index (χ2n) is 5.50. The van der Waals surface area contributed by atoms with E-state index in [4.69, 9.17) is 10.4 Å². The van der Waals surface area contributed by atoms with Crippen molar-refractivity contribution in [3.8, 4) is 6.07 Å². The van der Waals surface area contributed by atoms with Gasteiger partial charge in [-0.25, -0.2) is 0 Å². The van der Waals surface area contributed by atoms with Crippen LogP contribution in [0, 0.1) is 27.4 Å². The number of anilines is 1. The van der Waals surface area contributed by atoms with Crippen LogP contribution >= 0.6 is 0 Å². The predicted octanol–water partition coefficient (Wildman–Crippen LogP) is 1.58. The van der Waals surface area contributed by atoms with E-state index in [-0.39, 0.29) is 17.9 Å². The quantitative estimate of drug-likeness (QED) is 0.611. The molecule has 1 aliphatic heterocycles. The summed E-state index contributed by atoms with van der Waals surface area (Å²) in [4.78, 5) is 12.9. The molecule has 0 atom stereocenters. The van der Waals surface area contributed by atoms with Crippen LogP contribution in [-0.2, 0) is 0 Å². The molecule has 7 heteroatoms. The zero-order valence-corrected chi connectivity index (χ0v) is 12.4. The maximum Gasteiger partial charge on any atom is 0.293 e. The molecule has 0 amide bonds. The highest BCUT2D eigenvalue weighted by Gasteiger charge is 2.18. The van der Waals surface area contributed by atoms with E-state index < -0.39 is 4.92 Å². The van der Waals surface area contributed by atoms with Gasteiger partial charge in [-0.1, -0.05) is 0 Å². The van der Waals surface area contributed by atoms with Crippen molar-refractivity contribution in [1.82, 2.24) is 4.90 Å². The van der Waals surface area contributed by atoms with Crippen molar-refractivity contribution in [2.24, 2.45) is 5.92 Å². The standard InChI is InChI=1S/C15H20N4O3/c16-10-13-1-2-14(15(9-13)19(21)22)17-5-8-18-6-3-12(11-20)4-7-18/h1-2,9,12,17,20H,3-8,11H2. The third-order valence-corrected chi connectivity index (χ3v) is 4.03. The van der Waals surface area contributed by atoms with Gasteiger partial charge in [0.05, 0.1) is 16.6 Å². The van der Waals surface area contributed by atoms with E-state index in [2.05, 4.69) is 10.2 Å². The number of aliphatic hydroxyl groups is 1. The number of piperidine rings is 1. The van der Waals surface area contributed by atoms with Gasteiger partial charge >= 0.3 is 0 Å². The first-order chi connectivity index (χ1) is 10.6. The number of hydrogen-bond acceptors (Lipinski definition) is 6. The molecule has 0 aliphatic carbocycles. The van der Waals surface area contributed by atoms with Gasteiger partial charge < -0.3 is 15.3 Å². The molecule has 0 aromatic heterocycles. The summed E-state index contributed by atoms with van der Waals surface area (Å²) in [6.07, 6.45) is 1.99. The van der Waals surface area contributed by atoms with Gasteiger partial charge in [0.15, 0.2) is 0 Å². The number of hydrogen-bond donors (Lipinski definition) is 2. The monoisotopic (exact) mass is 304 g/mol. The highest BCUT2D eigenvalue weighted by molar-refractivity contribution is 5.64. The third kappa shape index (κ3) is 4.16. The first-order valence-corrected chi connectivity index (χ1v) is 7.39. The number of rotatable bonds is 6. The summed E-state index contributed by atoms with van der Waals surface area (Å²) in [5.41, 5.74) is 0.649. The molecule has 1 aliphatic rings. The molecule has 1 fully saturated rings. The maximum atomic E-state index is 11.0. The van der Waals surface area contributed by atoms with Gasteiger partial charge in [0.25, 0.3) is 5.69 Å². The first kappa shape index (κ1) is 16.2. The molecule has 0 radical (unpaired) electrons. The summed E-state index contributed by atoms with van der Waals surface area (Å²) in [7, 11) is 0. The number of nitro groups is 1. The normalized spacial score (nSPS) is 16.2. The first-order valence-electron chi connectivity index (χ1n) is 7.39. The van der Waals surface area contributed by atoms with Crippen LogP contribution in [0.5, 0.6) is 0 Å². The lowest BCUT2D eigenvalue weighted by molar-refractivity contribution is -0.384. The summed E-state index contributed by atoms with van der Waals surface area (Å²) >= 11 is 0. The topological polar surface area (TPSA) is 102 Å². The smallest absolute Gasteiger partial charge is 0.293 e. The van der Waals surface area contributed by atoms with Crippen molar-refractivity contribution in [3.63, 3.8) is 0 Å². The molecule has 2 rings (SSSR count). The van der Waals surface area contributed by atoms with E-state index in [9.17, 15) is 10.1 Å². The molecular formula is C15H20N4O3. The van der Waals surface area contributed by atoms with Crippen molar-refractivity contribution >= 4 is 11.4 Å². The fourth-order valence-electron chi connectivity index (χ4n) is 2.64. The minimum atomic E-state index is -0.476. The second kappa shape index (κ2) is 7.73. The van der Waals surface area contributed by atoms with Crippen molar-refractivity contribution in [1.29, 1.82) is 5.26 Å². The average Bonchev–Trinajstić information content (AvgIpc) is 2.55. The molecular weight excluding hydrogens is 284 g/mol. The van der Waals surface area contributed by atoms with Crippen molar-refractivity contribution < 1.29 is 10.0 Å². The summed E-state index contributed by atoms with van der Waals surface area (Å²) in [6, 6.07) is 6.34. The Hall–Kier alpha value is -2.17. The lowest BCUT2D eigenvalue weighted by Gasteiger charge is -2.31. The van der Waals surface area contributed by atoms with Crippen LogP contribution < -0.4 is 5.32 Å². The van der Waals surface area contributed by atoms with Gasteiger partial charge in [-0.2, -0.15) is 5.26 Å². The minimum Gasteiger partial charge on any atom is -0.396 e. The average molecular weight is 304 g/mol. The van der Waals surface area contributed by atoms with Gasteiger partial charge in [-0.15, -0.1) is 0 Å². The van der Waals surface area contributed by atoms with Crippen LogP contribution in [0.4, 0.5) is 11.4 Å². The van der Waals surface area contributed by atoms with Crippen LogP contribution in [0.15, 0.2) is 18.2 Å². The molecule has 0 bridgehead atoms. The van der Waals surface area contributed by atoms with Gasteiger partial charge in [0.1, 0.15) is 5.69 Å². The Morgan fingerprint density at radius 2 is 2.18 bits per heavy atom. The molecule has 1 aromatic carbocycles. The Bertz CT molecular complexity index is 562. The number of nitrogens with one attached hydrogen (secondary N) is 1. The van der Waals surface area contributed by atoms with E-state index in [0.717, 1.165) is 32.5 Å². The van der Waals surface area contributed by atoms with Crippen LogP contribution in [0.25, 0.3) is 0 Å². The Morgan fingerprint density at radius 1 is 1.45 bits per heavy atom. The SMILES string of the molecule is N#Cc1ccc(NCCN2CCC(CO)CC2)c([N+](=O)[O-])c1. The maximum absolute atomic E-state index is 11.0. The molecule has 1 heterocycles. The Balaban J connectivity index is 1.87. The zero-order valence-electron chi connectivity index (χ0n) is 12.4. The third-order valence-electron chi connectivity index (χ3n) is 4.03. The van der Waals surface area contributed by atoms with Crippen molar-refractivity contribution in [2.75, 3.05) is 38.1 Å². The minimum absolute atomic E-state index is 0.0713. The molecule has 118 valence electrons. The van der Waals surface area contributed by atoms with Gasteiger partial charge in [-0.05, 0) is 44.0 Å². The van der Waals surface area contributed by atoms with Gasteiger partial charge in [0.2, 0.25) is 0 Å². The zero-order chi connectivity index (χ0) is 15.9. The van der Waals surface area contributed by atoms with E-state index in [1.165, 1.54) is 6.07 Å². The second-order valence-corrected chi connectivity index (χ2v) is 5.50. The molecule has 1 aromatic rings. The number of aliphatic hydroxyl groups excluding tert-OH is 1. The lowest BCUT2D eigenvalue weighted by Crippen LogP contribution is -2.37. The van der Waals surface area contributed by atoms with E-state index in [0.29, 0.717) is 18.2 Å². The molecule has 0 saturated carbocycles. The summed E-state index contributed by atoms with van der Waals surface area (Å²) in [6.45, 7) is 3.56. The van der Waals surface area contributed by atoms with E-state index in [1.54, 1.807) is 12.1 Å². The summed E-state index contributed by atoms with van der Waals surface area (Å²) in [5.74, 6) is 0.406. The van der Waals surface area contributed by atoms with Crippen LogP contribution in [-0.4, -0.2) is 47.7 Å². The number of likely N-dealkylation sites (tertiary alicyclic amines) is 1. The summed E-state index contributed by atoms with van der Waals surface area (Å²) in [5, 5.41) is 32.0. The van der Waals surface area contributed by atoms with Gasteiger partial charge in [-0.3, -0.25) is 10.1 Å². The van der Waals surface area contributed by atoms with E-state index in [1.807, 2.05) is 6.07 Å². The fourth-order valence-corrected chi connectivity index (χ4v) is 2.64. The van der Waals surface area contributed by atoms with Crippen LogP contribution in [0.2, 0.25) is 0 Å². The molecule has 7 nitrogen and oxygen atoms in total. The molecule has 1 saturated heterocycles. The number of nitro benzene ring substituents is 1. The summed E-state index contributed by atoms with van der Waals surface area (Å²) < 4.78 is 0. The van der Waals surface area contributed by atoms with Crippen molar-refractivity contribution in [3.05, 3.63) is 33.9 Å². The highest BCUT2D eigenvalue weighted by Crippen LogP contribution is 2.25. The van der Waals surface area contributed by atoms with Crippen molar-refractivity contribution in [2.45, 2.75) is 12.8 Å². The molecule has 2 N–H and O–H groups in total. The largest absolute Gasteiger partial charge is 0.396 e. The highest BCUT2D eigenvalue weighted by atomic mass is 16.6. The molecule has 22 heavy (non-hydrogen) atoms. The number of benzene rings is 1. The number of nitriles is 1. The van der Waals surface area contributed by atoms with Crippen LogP contribution in [0.3, 0.4) is 0 Å². The molecule has 0 unspecified atom stereocenters. The van der Waals surface area contributed by atoms with Gasteiger partial charge in [0, 0.05) is 25.8 Å². The molecule has 0 spiro atoms. The predicted molar refractivity (Wildman–Crippen MR) is 82.6 cm³/mol.